The van der Waals surface area contributed by atoms with Gasteiger partial charge in [0.05, 0.1) is 17.0 Å². The third-order valence-corrected chi connectivity index (χ3v) is 4.54. The summed E-state index contributed by atoms with van der Waals surface area (Å²) in [5, 5.41) is 2.84. The maximum Gasteiger partial charge on any atom is 0.416 e. The second kappa shape index (κ2) is 7.28. The normalized spacial score (nSPS) is 16.3. The highest BCUT2D eigenvalue weighted by molar-refractivity contribution is 5.34. The minimum absolute atomic E-state index is 0.262. The molecule has 0 unspecified atom stereocenters. The molecule has 0 aliphatic carbocycles. The van der Waals surface area contributed by atoms with Crippen molar-refractivity contribution in [3.63, 3.8) is 0 Å². The Bertz CT molecular complexity index is 789. The molecule has 0 spiro atoms. The number of aromatic nitrogens is 2. The molecule has 0 amide bonds. The van der Waals surface area contributed by atoms with Crippen molar-refractivity contribution >= 4 is 0 Å². The third-order valence-electron chi connectivity index (χ3n) is 4.54. The van der Waals surface area contributed by atoms with Crippen LogP contribution in [0, 0.1) is 5.95 Å². The van der Waals surface area contributed by atoms with Gasteiger partial charge in [0.1, 0.15) is 0 Å². The molecule has 4 rings (SSSR count). The lowest BCUT2D eigenvalue weighted by Gasteiger charge is -2.18. The van der Waals surface area contributed by atoms with Crippen molar-refractivity contribution in [3.05, 3.63) is 58.4 Å². The summed E-state index contributed by atoms with van der Waals surface area (Å²) in [6, 6.07) is 4.78. The molecule has 2 aromatic rings. The highest BCUT2D eigenvalue weighted by Gasteiger charge is 2.35. The summed E-state index contributed by atoms with van der Waals surface area (Å²) in [6.07, 6.45) is -3.06. The Morgan fingerprint density at radius 2 is 1.85 bits per heavy atom. The van der Waals surface area contributed by atoms with Crippen molar-refractivity contribution in [2.75, 3.05) is 0 Å². The van der Waals surface area contributed by atoms with E-state index >= 15 is 0 Å². The van der Waals surface area contributed by atoms with E-state index in [1.165, 1.54) is 12.3 Å². The number of alkyl halides is 3. The number of nitrogens with zero attached hydrogens (tertiary/aromatic N) is 3. The van der Waals surface area contributed by atoms with Crippen molar-refractivity contribution in [1.29, 1.82) is 0 Å². The van der Waals surface area contributed by atoms with E-state index in [9.17, 15) is 17.6 Å². The zero-order chi connectivity index (χ0) is 18.9. The average molecular weight is 368 g/mol. The summed E-state index contributed by atoms with van der Waals surface area (Å²) >= 11 is 0. The fraction of sp³-hybridized carbons (Fsp3) is 0.444. The first-order valence-electron chi connectivity index (χ1n) is 8.38. The molecule has 4 heterocycles. The molecule has 0 saturated carbocycles. The van der Waals surface area contributed by atoms with Gasteiger partial charge in [0.15, 0.2) is 0 Å². The predicted octanol–water partition coefficient (Wildman–Crippen LogP) is 3.65. The van der Waals surface area contributed by atoms with E-state index in [1.54, 1.807) is 0 Å². The van der Waals surface area contributed by atoms with Crippen LogP contribution in [-0.2, 0) is 32.4 Å². The van der Waals surface area contributed by atoms with E-state index in [-0.39, 0.29) is 18.1 Å². The molecule has 0 bridgehead atoms. The monoisotopic (exact) mass is 368 g/mol. The van der Waals surface area contributed by atoms with Crippen LogP contribution < -0.4 is 5.32 Å². The van der Waals surface area contributed by atoms with Gasteiger partial charge in [-0.25, -0.2) is 4.98 Å². The van der Waals surface area contributed by atoms with Gasteiger partial charge in [0.2, 0.25) is 5.95 Å². The number of rotatable bonds is 1. The summed E-state index contributed by atoms with van der Waals surface area (Å²) in [5.41, 5.74) is 2.29. The Hall–Kier alpha value is -2.06. The van der Waals surface area contributed by atoms with Crippen LogP contribution >= 0.6 is 0 Å². The zero-order valence-corrected chi connectivity index (χ0v) is 14.6. The highest BCUT2D eigenvalue weighted by atomic mass is 19.4. The molecule has 2 aliphatic heterocycles. The zero-order valence-electron chi connectivity index (χ0n) is 14.6. The van der Waals surface area contributed by atoms with E-state index in [0.717, 1.165) is 30.4 Å². The van der Waals surface area contributed by atoms with Crippen molar-refractivity contribution in [3.8, 4) is 0 Å². The van der Waals surface area contributed by atoms with E-state index < -0.39 is 11.7 Å². The molecule has 1 N–H and O–H groups in total. The Kier molecular flexibility index (Phi) is 5.24. The van der Waals surface area contributed by atoms with Gasteiger partial charge in [-0.3, -0.25) is 9.88 Å². The fourth-order valence-electron chi connectivity index (χ4n) is 3.07. The van der Waals surface area contributed by atoms with E-state index in [1.807, 2.05) is 6.07 Å². The molecule has 0 radical (unpaired) electrons. The maximum atomic E-state index is 12.8. The summed E-state index contributed by atoms with van der Waals surface area (Å²) in [4.78, 5) is 10.0. The number of nitrogens with one attached hydrogen (secondary N) is 1. The van der Waals surface area contributed by atoms with Crippen LogP contribution in [0.1, 0.15) is 41.9 Å². The molecule has 4 nitrogen and oxygen atoms in total. The van der Waals surface area contributed by atoms with Crippen molar-refractivity contribution in [2.24, 2.45) is 0 Å². The largest absolute Gasteiger partial charge is 0.416 e. The van der Waals surface area contributed by atoms with Crippen LogP contribution in [0.25, 0.3) is 0 Å². The first-order valence-corrected chi connectivity index (χ1v) is 8.38. The average Bonchev–Trinajstić information content (AvgIpc) is 3.20. The van der Waals surface area contributed by atoms with Crippen molar-refractivity contribution < 1.29 is 17.6 Å². The van der Waals surface area contributed by atoms with Gasteiger partial charge >= 0.3 is 6.18 Å². The molecule has 2 aromatic heterocycles. The Morgan fingerprint density at radius 1 is 1.08 bits per heavy atom. The fourth-order valence-corrected chi connectivity index (χ4v) is 3.07. The summed E-state index contributed by atoms with van der Waals surface area (Å²) < 4.78 is 49.9. The first kappa shape index (κ1) is 18.7. The molecule has 0 saturated heterocycles. The quantitative estimate of drug-likeness (QED) is 0.616. The highest BCUT2D eigenvalue weighted by Crippen LogP contribution is 2.33. The van der Waals surface area contributed by atoms with E-state index in [0.29, 0.717) is 18.3 Å². The molecule has 26 heavy (non-hydrogen) atoms. The number of halogens is 4. The number of fused-ring (bicyclic) bond motifs is 2. The number of hydrogen-bond donors (Lipinski definition) is 1. The number of hydrogen-bond acceptors (Lipinski definition) is 4. The van der Waals surface area contributed by atoms with Crippen LogP contribution in [0.15, 0.2) is 24.4 Å². The van der Waals surface area contributed by atoms with E-state index in [2.05, 4.69) is 34.0 Å². The van der Waals surface area contributed by atoms with Gasteiger partial charge in [0.25, 0.3) is 0 Å². The topological polar surface area (TPSA) is 41.1 Å². The summed E-state index contributed by atoms with van der Waals surface area (Å²) in [5.74, 6) is -0.371. The SMILES string of the molecule is CC(C)N1Cc2ccc(F)nc2C1.FC(F)(F)c1ccnc2c1CNC2. The van der Waals surface area contributed by atoms with Crippen LogP contribution in [0.2, 0.25) is 0 Å². The number of pyridine rings is 2. The third kappa shape index (κ3) is 4.02. The molecule has 2 aliphatic rings. The van der Waals surface area contributed by atoms with Gasteiger partial charge in [0, 0.05) is 44.0 Å². The second-order valence-corrected chi connectivity index (χ2v) is 6.62. The maximum absolute atomic E-state index is 12.8. The lowest BCUT2D eigenvalue weighted by molar-refractivity contribution is -0.138. The molecule has 0 atom stereocenters. The van der Waals surface area contributed by atoms with Crippen LogP contribution in [0.4, 0.5) is 17.6 Å². The lowest BCUT2D eigenvalue weighted by Crippen LogP contribution is -2.24. The molecular formula is C18H20F4N4. The Balaban J connectivity index is 0.000000151. The van der Waals surface area contributed by atoms with Crippen molar-refractivity contribution in [1.82, 2.24) is 20.2 Å². The molecular weight excluding hydrogens is 348 g/mol. The first-order chi connectivity index (χ1) is 12.3. The van der Waals surface area contributed by atoms with Crippen LogP contribution in [-0.4, -0.2) is 20.9 Å². The lowest BCUT2D eigenvalue weighted by atomic mass is 10.1. The van der Waals surface area contributed by atoms with Gasteiger partial charge in [-0.15, -0.1) is 0 Å². The van der Waals surface area contributed by atoms with Crippen molar-refractivity contribution in [2.45, 2.75) is 52.2 Å². The van der Waals surface area contributed by atoms with Crippen LogP contribution in [0.5, 0.6) is 0 Å². The molecule has 0 fully saturated rings. The minimum atomic E-state index is -4.26. The second-order valence-electron chi connectivity index (χ2n) is 6.62. The Morgan fingerprint density at radius 3 is 2.54 bits per heavy atom. The standard InChI is InChI=1S/C10H13FN2.C8H7F3N2/c1-7(2)13-5-8-3-4-10(11)12-9(8)6-13;9-8(10,11)6-1-2-13-7-4-12-3-5(6)7/h3-4,7H,5-6H2,1-2H3;1-2,12H,3-4H2. The van der Waals surface area contributed by atoms with Crippen LogP contribution in [0.3, 0.4) is 0 Å². The van der Waals surface area contributed by atoms with Gasteiger partial charge in [-0.05, 0) is 31.5 Å². The smallest absolute Gasteiger partial charge is 0.307 e. The summed E-state index contributed by atoms with van der Waals surface area (Å²) in [7, 11) is 0. The van der Waals surface area contributed by atoms with Gasteiger partial charge in [-0.1, -0.05) is 6.07 Å². The van der Waals surface area contributed by atoms with E-state index in [4.69, 9.17) is 0 Å². The molecule has 0 aromatic carbocycles. The Labute approximate surface area is 149 Å². The minimum Gasteiger partial charge on any atom is -0.307 e. The van der Waals surface area contributed by atoms with Gasteiger partial charge < -0.3 is 5.32 Å². The molecule has 8 heteroatoms. The predicted molar refractivity (Wildman–Crippen MR) is 88.4 cm³/mol. The molecule has 140 valence electrons. The summed E-state index contributed by atoms with van der Waals surface area (Å²) in [6.45, 7) is 6.66. The van der Waals surface area contributed by atoms with Gasteiger partial charge in [-0.2, -0.15) is 17.6 Å².